The summed E-state index contributed by atoms with van der Waals surface area (Å²) in [6.45, 7) is 3.35. The number of carbonyl (C=O) groups is 1. The molecule has 0 saturated carbocycles. The van der Waals surface area contributed by atoms with Crippen molar-refractivity contribution in [1.29, 1.82) is 0 Å². The quantitative estimate of drug-likeness (QED) is 0.841. The monoisotopic (exact) mass is 304 g/mol. The average Bonchev–Trinajstić information content (AvgIpc) is 2.37. The first-order valence-corrected chi connectivity index (χ1v) is 6.67. The maximum Gasteiger partial charge on any atom is 0.234 e. The lowest BCUT2D eigenvalue weighted by atomic mass is 10.1. The lowest BCUT2D eigenvalue weighted by molar-refractivity contribution is -0.123. The van der Waals surface area contributed by atoms with E-state index < -0.39 is 6.04 Å². The SMILES string of the molecule is COCCN(Cc1cc(Cl)ccc1Cl)[C@@H](C)C(N)=O. The molecule has 0 fully saturated rings. The van der Waals surface area contributed by atoms with Gasteiger partial charge >= 0.3 is 0 Å². The highest BCUT2D eigenvalue weighted by molar-refractivity contribution is 6.33. The molecule has 19 heavy (non-hydrogen) atoms. The number of nitrogens with two attached hydrogens (primary N) is 1. The zero-order valence-corrected chi connectivity index (χ0v) is 12.5. The van der Waals surface area contributed by atoms with Gasteiger partial charge in [0.15, 0.2) is 0 Å². The summed E-state index contributed by atoms with van der Waals surface area (Å²) < 4.78 is 5.04. The van der Waals surface area contributed by atoms with Gasteiger partial charge in [-0.15, -0.1) is 0 Å². The van der Waals surface area contributed by atoms with Gasteiger partial charge in [-0.05, 0) is 30.7 Å². The summed E-state index contributed by atoms with van der Waals surface area (Å²) in [7, 11) is 1.61. The van der Waals surface area contributed by atoms with Crippen LogP contribution in [0.2, 0.25) is 10.0 Å². The fourth-order valence-electron chi connectivity index (χ4n) is 1.68. The molecule has 106 valence electrons. The second kappa shape index (κ2) is 7.70. The number of hydrogen-bond donors (Lipinski definition) is 1. The molecule has 0 saturated heterocycles. The number of nitrogens with zero attached hydrogens (tertiary/aromatic N) is 1. The van der Waals surface area contributed by atoms with Crippen LogP contribution < -0.4 is 5.73 Å². The minimum atomic E-state index is -0.398. The van der Waals surface area contributed by atoms with Gasteiger partial charge in [-0.25, -0.2) is 0 Å². The van der Waals surface area contributed by atoms with Crippen molar-refractivity contribution in [2.45, 2.75) is 19.5 Å². The molecule has 6 heteroatoms. The maximum absolute atomic E-state index is 11.3. The smallest absolute Gasteiger partial charge is 0.234 e. The van der Waals surface area contributed by atoms with E-state index in [1.54, 1.807) is 32.2 Å². The largest absolute Gasteiger partial charge is 0.383 e. The van der Waals surface area contributed by atoms with Crippen LogP contribution in [0.15, 0.2) is 18.2 Å². The highest BCUT2D eigenvalue weighted by Gasteiger charge is 2.19. The summed E-state index contributed by atoms with van der Waals surface area (Å²) in [5.74, 6) is -0.380. The van der Waals surface area contributed by atoms with Gasteiger partial charge in [0.1, 0.15) is 0 Å². The first-order valence-electron chi connectivity index (χ1n) is 5.92. The van der Waals surface area contributed by atoms with Crippen molar-refractivity contribution in [3.8, 4) is 0 Å². The van der Waals surface area contributed by atoms with E-state index in [0.29, 0.717) is 29.7 Å². The summed E-state index contributed by atoms with van der Waals surface area (Å²) in [4.78, 5) is 13.2. The number of amides is 1. The highest BCUT2D eigenvalue weighted by atomic mass is 35.5. The number of ether oxygens (including phenoxy) is 1. The third-order valence-electron chi connectivity index (χ3n) is 2.92. The molecule has 1 aromatic rings. The number of methoxy groups -OCH3 is 1. The maximum atomic E-state index is 11.3. The Morgan fingerprint density at radius 1 is 1.47 bits per heavy atom. The van der Waals surface area contributed by atoms with Crippen LogP contribution in [-0.4, -0.2) is 37.1 Å². The Morgan fingerprint density at radius 2 is 2.16 bits per heavy atom. The minimum absolute atomic E-state index is 0.380. The van der Waals surface area contributed by atoms with E-state index in [4.69, 9.17) is 33.7 Å². The first-order chi connectivity index (χ1) is 8.95. The Hall–Kier alpha value is -0.810. The van der Waals surface area contributed by atoms with Crippen molar-refractivity contribution in [3.05, 3.63) is 33.8 Å². The highest BCUT2D eigenvalue weighted by Crippen LogP contribution is 2.22. The molecule has 1 aromatic carbocycles. The van der Waals surface area contributed by atoms with Gasteiger partial charge in [-0.1, -0.05) is 23.2 Å². The van der Waals surface area contributed by atoms with Gasteiger partial charge in [0.05, 0.1) is 12.6 Å². The number of benzene rings is 1. The van der Waals surface area contributed by atoms with Gasteiger partial charge in [-0.3, -0.25) is 9.69 Å². The predicted octanol–water partition coefficient (Wildman–Crippen LogP) is 2.32. The number of hydrogen-bond acceptors (Lipinski definition) is 3. The third-order valence-corrected chi connectivity index (χ3v) is 3.53. The van der Waals surface area contributed by atoms with Crippen LogP contribution in [0.4, 0.5) is 0 Å². The number of primary amides is 1. The number of halogens is 2. The van der Waals surface area contributed by atoms with Gasteiger partial charge in [0.25, 0.3) is 0 Å². The molecule has 0 aliphatic rings. The normalized spacial score (nSPS) is 12.7. The first kappa shape index (κ1) is 16.2. The fraction of sp³-hybridized carbons (Fsp3) is 0.462. The topological polar surface area (TPSA) is 55.6 Å². The summed E-state index contributed by atoms with van der Waals surface area (Å²) in [6.07, 6.45) is 0. The van der Waals surface area contributed by atoms with Crippen LogP contribution in [0.25, 0.3) is 0 Å². The fourth-order valence-corrected chi connectivity index (χ4v) is 2.05. The summed E-state index contributed by atoms with van der Waals surface area (Å²) in [5, 5.41) is 1.22. The molecule has 4 nitrogen and oxygen atoms in total. The van der Waals surface area contributed by atoms with Crippen molar-refractivity contribution in [2.24, 2.45) is 5.73 Å². The molecule has 1 rings (SSSR count). The molecule has 0 aliphatic heterocycles. The van der Waals surface area contributed by atoms with Crippen LogP contribution in [0.3, 0.4) is 0 Å². The Balaban J connectivity index is 2.86. The average molecular weight is 305 g/mol. The van der Waals surface area contributed by atoms with E-state index in [2.05, 4.69) is 0 Å². The second-order valence-corrected chi connectivity index (χ2v) is 5.12. The van der Waals surface area contributed by atoms with Gasteiger partial charge in [0, 0.05) is 30.2 Å². The molecule has 0 unspecified atom stereocenters. The third kappa shape index (κ3) is 4.99. The zero-order valence-electron chi connectivity index (χ0n) is 11.0. The number of rotatable bonds is 7. The van der Waals surface area contributed by atoms with Crippen LogP contribution in [-0.2, 0) is 16.1 Å². The zero-order chi connectivity index (χ0) is 14.4. The Labute approximate surface area is 123 Å². The Morgan fingerprint density at radius 3 is 2.74 bits per heavy atom. The molecule has 0 aliphatic carbocycles. The van der Waals surface area contributed by atoms with Gasteiger partial charge in [-0.2, -0.15) is 0 Å². The molecule has 0 radical (unpaired) electrons. The minimum Gasteiger partial charge on any atom is -0.383 e. The molecular weight excluding hydrogens is 287 g/mol. The molecule has 0 heterocycles. The van der Waals surface area contributed by atoms with E-state index in [-0.39, 0.29) is 5.91 Å². The van der Waals surface area contributed by atoms with Crippen molar-refractivity contribution >= 4 is 29.1 Å². The molecule has 0 bridgehead atoms. The Kier molecular flexibility index (Phi) is 6.58. The van der Waals surface area contributed by atoms with Crippen LogP contribution in [0, 0.1) is 0 Å². The van der Waals surface area contributed by atoms with Gasteiger partial charge in [0.2, 0.25) is 5.91 Å². The van der Waals surface area contributed by atoms with E-state index in [1.165, 1.54) is 0 Å². The van der Waals surface area contributed by atoms with Crippen molar-refractivity contribution in [2.75, 3.05) is 20.3 Å². The lowest BCUT2D eigenvalue weighted by Gasteiger charge is -2.27. The van der Waals surface area contributed by atoms with Gasteiger partial charge < -0.3 is 10.5 Å². The molecular formula is C13H18Cl2N2O2. The van der Waals surface area contributed by atoms with Crippen molar-refractivity contribution in [1.82, 2.24) is 4.90 Å². The second-order valence-electron chi connectivity index (χ2n) is 4.28. The number of carbonyl (C=O) groups excluding carboxylic acids is 1. The van der Waals surface area contributed by atoms with Crippen LogP contribution in [0.5, 0.6) is 0 Å². The standard InChI is InChI=1S/C13H18Cl2N2O2/c1-9(13(16)18)17(5-6-19-2)8-10-7-11(14)3-4-12(10)15/h3-4,7,9H,5-6,8H2,1-2H3,(H2,16,18)/t9-/m0/s1. The van der Waals surface area contributed by atoms with E-state index in [0.717, 1.165) is 5.56 Å². The van der Waals surface area contributed by atoms with E-state index in [9.17, 15) is 4.79 Å². The molecule has 1 atom stereocenters. The molecule has 0 spiro atoms. The summed E-state index contributed by atoms with van der Waals surface area (Å²) in [5.41, 5.74) is 6.21. The predicted molar refractivity (Wildman–Crippen MR) is 77.4 cm³/mol. The van der Waals surface area contributed by atoms with E-state index in [1.807, 2.05) is 4.90 Å². The Bertz CT molecular complexity index is 441. The van der Waals surface area contributed by atoms with Crippen LogP contribution in [0.1, 0.15) is 12.5 Å². The molecule has 1 amide bonds. The van der Waals surface area contributed by atoms with Crippen molar-refractivity contribution < 1.29 is 9.53 Å². The lowest BCUT2D eigenvalue weighted by Crippen LogP contribution is -2.43. The molecule has 0 aromatic heterocycles. The van der Waals surface area contributed by atoms with Crippen LogP contribution >= 0.6 is 23.2 Å². The van der Waals surface area contributed by atoms with E-state index >= 15 is 0 Å². The summed E-state index contributed by atoms with van der Waals surface area (Å²) in [6, 6.07) is 4.86. The van der Waals surface area contributed by atoms with Crippen molar-refractivity contribution in [3.63, 3.8) is 0 Å². The molecule has 2 N–H and O–H groups in total. The summed E-state index contributed by atoms with van der Waals surface area (Å²) >= 11 is 12.1.